The molecule has 0 bridgehead atoms. The van der Waals surface area contributed by atoms with Crippen molar-refractivity contribution in [1.82, 2.24) is 4.31 Å². The maximum absolute atomic E-state index is 12.8. The third-order valence-corrected chi connectivity index (χ3v) is 7.23. The Hall–Kier alpha value is -3.11. The van der Waals surface area contributed by atoms with Crippen molar-refractivity contribution < 1.29 is 22.7 Å². The molecule has 9 nitrogen and oxygen atoms in total. The number of fused-ring (bicyclic) bond motifs is 1. The summed E-state index contributed by atoms with van der Waals surface area (Å²) in [6, 6.07) is 13.3. The number of nitrogens with one attached hydrogen (secondary N) is 1. The zero-order valence-corrected chi connectivity index (χ0v) is 17.7. The summed E-state index contributed by atoms with van der Waals surface area (Å²) in [5.41, 5.74) is 6.47. The number of carbonyl (C=O) groups is 2. The first-order chi connectivity index (χ1) is 14.8. The quantitative estimate of drug-likeness (QED) is 0.690. The number of sulfonamides is 1. The van der Waals surface area contributed by atoms with Gasteiger partial charge in [-0.2, -0.15) is 4.31 Å². The molecule has 3 N–H and O–H groups in total. The average Bonchev–Trinajstić information content (AvgIpc) is 3.29. The van der Waals surface area contributed by atoms with Crippen LogP contribution in [0.2, 0.25) is 0 Å². The molecule has 1 atom stereocenters. The molecule has 0 aliphatic carbocycles. The summed E-state index contributed by atoms with van der Waals surface area (Å²) in [7, 11) is -3.58. The van der Waals surface area contributed by atoms with Gasteiger partial charge in [0.25, 0.3) is 5.91 Å². The number of hydrogen-bond donors (Lipinski definition) is 2. The number of ether oxygens (including phenoxy) is 1. The average molecular weight is 445 g/mol. The topological polar surface area (TPSA) is 122 Å². The minimum Gasteiger partial charge on any atom is -0.477 e. The molecule has 1 fully saturated rings. The predicted octanol–water partition coefficient (Wildman–Crippen LogP) is 1.16. The largest absolute Gasteiger partial charge is 0.477 e. The van der Waals surface area contributed by atoms with E-state index >= 15 is 0 Å². The van der Waals surface area contributed by atoms with Gasteiger partial charge in [0.05, 0.1) is 23.7 Å². The van der Waals surface area contributed by atoms with Crippen molar-refractivity contribution in [3.8, 4) is 5.75 Å². The van der Waals surface area contributed by atoms with Gasteiger partial charge in [-0.1, -0.05) is 18.2 Å². The summed E-state index contributed by atoms with van der Waals surface area (Å²) in [4.78, 5) is 26.2. The fourth-order valence-corrected chi connectivity index (χ4v) is 5.35. The van der Waals surface area contributed by atoms with Crippen molar-refractivity contribution in [2.45, 2.75) is 23.8 Å². The van der Waals surface area contributed by atoms with Gasteiger partial charge < -0.3 is 20.7 Å². The first-order valence-electron chi connectivity index (χ1n) is 10.0. The lowest BCUT2D eigenvalue weighted by Gasteiger charge is -2.34. The van der Waals surface area contributed by atoms with Crippen LogP contribution in [0.5, 0.6) is 5.75 Å². The number of para-hydroxylation sites is 2. The molecule has 4 rings (SSSR count). The second-order valence-corrected chi connectivity index (χ2v) is 9.48. The van der Waals surface area contributed by atoms with Crippen LogP contribution in [0, 0.1) is 0 Å². The van der Waals surface area contributed by atoms with Crippen molar-refractivity contribution >= 4 is 33.2 Å². The van der Waals surface area contributed by atoms with Crippen LogP contribution in [0.15, 0.2) is 53.4 Å². The molecule has 10 heteroatoms. The SMILES string of the molecule is NC(=O)[C@@H]1CN(CC(=O)Nc2cccc(S(=O)(=O)N3CCCC3)c2)c2ccccc2O1. The summed E-state index contributed by atoms with van der Waals surface area (Å²) < 4.78 is 32.6. The van der Waals surface area contributed by atoms with Crippen LogP contribution in [-0.2, 0) is 19.6 Å². The third-order valence-electron chi connectivity index (χ3n) is 5.33. The van der Waals surface area contributed by atoms with Crippen molar-refractivity contribution in [1.29, 1.82) is 0 Å². The number of carbonyl (C=O) groups excluding carboxylic acids is 2. The van der Waals surface area contributed by atoms with Crippen molar-refractivity contribution in [3.63, 3.8) is 0 Å². The molecule has 0 spiro atoms. The Morgan fingerprint density at radius 1 is 1.10 bits per heavy atom. The van der Waals surface area contributed by atoms with Crippen LogP contribution in [0.3, 0.4) is 0 Å². The number of amides is 2. The Bertz CT molecular complexity index is 1100. The van der Waals surface area contributed by atoms with E-state index in [2.05, 4.69) is 5.32 Å². The lowest BCUT2D eigenvalue weighted by molar-refractivity contribution is -0.125. The van der Waals surface area contributed by atoms with Gasteiger partial charge in [0.2, 0.25) is 15.9 Å². The number of primary amides is 1. The molecule has 2 amide bonds. The smallest absolute Gasteiger partial charge is 0.260 e. The Balaban J connectivity index is 1.49. The zero-order chi connectivity index (χ0) is 22.0. The minimum atomic E-state index is -3.58. The standard InChI is InChI=1S/C21H24N4O5S/c22-21(27)19-13-24(17-8-1-2-9-18(17)30-19)14-20(26)23-15-6-5-7-16(12-15)31(28,29)25-10-3-4-11-25/h1-2,5-9,12,19H,3-4,10-11,13-14H2,(H2,22,27)(H,23,26)/t19-/m0/s1. The Labute approximate surface area is 180 Å². The van der Waals surface area contributed by atoms with E-state index < -0.39 is 22.0 Å². The highest BCUT2D eigenvalue weighted by atomic mass is 32.2. The van der Waals surface area contributed by atoms with E-state index in [0.717, 1.165) is 12.8 Å². The monoisotopic (exact) mass is 444 g/mol. The predicted molar refractivity (Wildman–Crippen MR) is 115 cm³/mol. The van der Waals surface area contributed by atoms with Gasteiger partial charge in [-0.05, 0) is 43.2 Å². The van der Waals surface area contributed by atoms with E-state index in [1.165, 1.54) is 16.4 Å². The van der Waals surface area contributed by atoms with Crippen molar-refractivity contribution in [2.75, 3.05) is 36.4 Å². The van der Waals surface area contributed by atoms with Crippen molar-refractivity contribution in [2.24, 2.45) is 5.73 Å². The Kier molecular flexibility index (Phi) is 5.84. The molecule has 2 aromatic carbocycles. The number of benzene rings is 2. The van der Waals surface area contributed by atoms with Crippen LogP contribution in [0.1, 0.15) is 12.8 Å². The molecule has 0 unspecified atom stereocenters. The van der Waals surface area contributed by atoms with Crippen LogP contribution in [-0.4, -0.2) is 56.8 Å². The summed E-state index contributed by atoms with van der Waals surface area (Å²) >= 11 is 0. The third kappa shape index (κ3) is 4.49. The summed E-state index contributed by atoms with van der Waals surface area (Å²) in [6.45, 7) is 1.11. The van der Waals surface area contributed by atoms with E-state index in [-0.39, 0.29) is 23.9 Å². The minimum absolute atomic E-state index is 0.0484. The van der Waals surface area contributed by atoms with Crippen LogP contribution in [0.25, 0.3) is 0 Å². The molecule has 2 heterocycles. The highest BCUT2D eigenvalue weighted by Gasteiger charge is 2.30. The molecule has 31 heavy (non-hydrogen) atoms. The van der Waals surface area contributed by atoms with E-state index in [0.29, 0.717) is 30.2 Å². The molecule has 164 valence electrons. The van der Waals surface area contributed by atoms with Gasteiger partial charge in [0, 0.05) is 18.8 Å². The van der Waals surface area contributed by atoms with Gasteiger partial charge in [0.15, 0.2) is 6.10 Å². The van der Waals surface area contributed by atoms with E-state index in [1.807, 2.05) is 6.07 Å². The van der Waals surface area contributed by atoms with Gasteiger partial charge in [0.1, 0.15) is 5.75 Å². The summed E-state index contributed by atoms with van der Waals surface area (Å²) in [5, 5.41) is 2.75. The maximum atomic E-state index is 12.8. The normalized spacial score (nSPS) is 18.8. The lowest BCUT2D eigenvalue weighted by atomic mass is 10.1. The fraction of sp³-hybridized carbons (Fsp3) is 0.333. The second kappa shape index (κ2) is 8.56. The van der Waals surface area contributed by atoms with Gasteiger partial charge in [-0.3, -0.25) is 9.59 Å². The summed E-state index contributed by atoms with van der Waals surface area (Å²) in [6.07, 6.45) is 0.836. The maximum Gasteiger partial charge on any atom is 0.260 e. The Morgan fingerprint density at radius 2 is 1.84 bits per heavy atom. The van der Waals surface area contributed by atoms with Crippen LogP contribution >= 0.6 is 0 Å². The highest BCUT2D eigenvalue weighted by molar-refractivity contribution is 7.89. The highest BCUT2D eigenvalue weighted by Crippen LogP contribution is 2.33. The molecule has 0 aromatic heterocycles. The summed E-state index contributed by atoms with van der Waals surface area (Å²) in [5.74, 6) is -0.487. The number of anilines is 2. The zero-order valence-electron chi connectivity index (χ0n) is 16.9. The molecular weight excluding hydrogens is 420 g/mol. The number of nitrogens with two attached hydrogens (primary N) is 1. The fourth-order valence-electron chi connectivity index (χ4n) is 3.79. The number of hydrogen-bond acceptors (Lipinski definition) is 6. The molecule has 2 aromatic rings. The van der Waals surface area contributed by atoms with Gasteiger partial charge in [-0.15, -0.1) is 0 Å². The molecule has 2 aliphatic heterocycles. The second-order valence-electron chi connectivity index (χ2n) is 7.54. The van der Waals surface area contributed by atoms with Gasteiger partial charge >= 0.3 is 0 Å². The molecule has 2 aliphatic rings. The molecule has 1 saturated heterocycles. The van der Waals surface area contributed by atoms with E-state index in [1.54, 1.807) is 35.2 Å². The first kappa shape index (κ1) is 21.1. The van der Waals surface area contributed by atoms with Crippen LogP contribution < -0.4 is 20.7 Å². The first-order valence-corrected chi connectivity index (χ1v) is 11.5. The van der Waals surface area contributed by atoms with Crippen LogP contribution in [0.4, 0.5) is 11.4 Å². The van der Waals surface area contributed by atoms with E-state index in [9.17, 15) is 18.0 Å². The lowest BCUT2D eigenvalue weighted by Crippen LogP contribution is -2.49. The number of nitrogens with zero attached hydrogens (tertiary/aromatic N) is 2. The molecular formula is C21H24N4O5S. The van der Waals surface area contributed by atoms with Crippen molar-refractivity contribution in [3.05, 3.63) is 48.5 Å². The molecule has 0 saturated carbocycles. The number of rotatable bonds is 6. The van der Waals surface area contributed by atoms with Gasteiger partial charge in [-0.25, -0.2) is 8.42 Å². The Morgan fingerprint density at radius 3 is 2.58 bits per heavy atom. The molecule has 0 radical (unpaired) electrons. The van der Waals surface area contributed by atoms with E-state index in [4.69, 9.17) is 10.5 Å².